The Hall–Kier alpha value is -1.94. The molecule has 1 aromatic carbocycles. The fraction of sp³-hybridized carbons (Fsp3) is 0.231. The molecule has 0 radical (unpaired) electrons. The van der Waals surface area contributed by atoms with Gasteiger partial charge >= 0.3 is 0 Å². The Morgan fingerprint density at radius 2 is 2.18 bits per heavy atom. The number of carbonyl (C=O) groups excluding carboxylic acids is 1. The molecule has 3 N–H and O–H groups in total. The first-order chi connectivity index (χ1) is 8.09. The molecule has 0 bridgehead atoms. The highest BCUT2D eigenvalue weighted by Gasteiger charge is 2.10. The monoisotopic (exact) mass is 229 g/mol. The SMILES string of the molecule is Cc1ccc(NC(=O)C(C)N)c2cccnc12. The van der Waals surface area contributed by atoms with Crippen molar-refractivity contribution in [2.75, 3.05) is 5.32 Å². The molecule has 0 saturated carbocycles. The van der Waals surface area contributed by atoms with Crippen LogP contribution < -0.4 is 11.1 Å². The quantitative estimate of drug-likeness (QED) is 0.825. The molecule has 17 heavy (non-hydrogen) atoms. The Labute approximate surface area is 99.8 Å². The van der Waals surface area contributed by atoms with Crippen LogP contribution in [0.1, 0.15) is 12.5 Å². The number of hydrogen-bond acceptors (Lipinski definition) is 3. The molecule has 2 aromatic rings. The number of aryl methyl sites for hydroxylation is 1. The minimum atomic E-state index is -0.525. The van der Waals surface area contributed by atoms with Gasteiger partial charge < -0.3 is 11.1 Å². The smallest absolute Gasteiger partial charge is 0.241 e. The van der Waals surface area contributed by atoms with Crippen molar-refractivity contribution in [2.24, 2.45) is 5.73 Å². The van der Waals surface area contributed by atoms with Crippen LogP contribution in [0.5, 0.6) is 0 Å². The van der Waals surface area contributed by atoms with Crippen LogP contribution in [0.25, 0.3) is 10.9 Å². The summed E-state index contributed by atoms with van der Waals surface area (Å²) >= 11 is 0. The lowest BCUT2D eigenvalue weighted by Crippen LogP contribution is -2.32. The fourth-order valence-corrected chi connectivity index (χ4v) is 1.67. The second kappa shape index (κ2) is 4.51. The van der Waals surface area contributed by atoms with Crippen molar-refractivity contribution in [1.82, 2.24) is 4.98 Å². The molecule has 2 rings (SSSR count). The lowest BCUT2D eigenvalue weighted by atomic mass is 10.1. The molecule has 1 unspecified atom stereocenters. The van der Waals surface area contributed by atoms with Crippen molar-refractivity contribution >= 4 is 22.5 Å². The molecule has 0 spiro atoms. The molecule has 0 fully saturated rings. The summed E-state index contributed by atoms with van der Waals surface area (Å²) in [6, 6.07) is 7.07. The summed E-state index contributed by atoms with van der Waals surface area (Å²) in [5.41, 5.74) is 8.26. The average Bonchev–Trinajstić information content (AvgIpc) is 2.33. The Balaban J connectivity index is 2.48. The zero-order chi connectivity index (χ0) is 12.4. The number of nitrogens with one attached hydrogen (secondary N) is 1. The number of benzene rings is 1. The summed E-state index contributed by atoms with van der Waals surface area (Å²) in [5.74, 6) is -0.195. The second-order valence-corrected chi connectivity index (χ2v) is 4.11. The molecule has 0 aliphatic rings. The molecule has 0 aliphatic heterocycles. The zero-order valence-corrected chi connectivity index (χ0v) is 9.90. The van der Waals surface area contributed by atoms with Crippen LogP contribution >= 0.6 is 0 Å². The maximum Gasteiger partial charge on any atom is 0.241 e. The van der Waals surface area contributed by atoms with Crippen molar-refractivity contribution in [3.63, 3.8) is 0 Å². The van der Waals surface area contributed by atoms with Gasteiger partial charge in [0.2, 0.25) is 5.91 Å². The van der Waals surface area contributed by atoms with Gasteiger partial charge in [-0.2, -0.15) is 0 Å². The topological polar surface area (TPSA) is 68.0 Å². The summed E-state index contributed by atoms with van der Waals surface area (Å²) in [7, 11) is 0. The number of anilines is 1. The number of hydrogen-bond donors (Lipinski definition) is 2. The van der Waals surface area contributed by atoms with Gasteiger partial charge in [0.15, 0.2) is 0 Å². The molecular weight excluding hydrogens is 214 g/mol. The number of pyridine rings is 1. The first-order valence-corrected chi connectivity index (χ1v) is 5.50. The Bertz CT molecular complexity index is 564. The first kappa shape index (κ1) is 11.5. The van der Waals surface area contributed by atoms with Crippen molar-refractivity contribution in [3.05, 3.63) is 36.0 Å². The van der Waals surface area contributed by atoms with Crippen LogP contribution in [0.2, 0.25) is 0 Å². The number of nitrogens with zero attached hydrogens (tertiary/aromatic N) is 1. The predicted molar refractivity (Wildman–Crippen MR) is 68.8 cm³/mol. The highest BCUT2D eigenvalue weighted by atomic mass is 16.2. The van der Waals surface area contributed by atoms with E-state index in [9.17, 15) is 4.79 Å². The summed E-state index contributed by atoms with van der Waals surface area (Å²) in [6.07, 6.45) is 1.74. The molecule has 4 nitrogen and oxygen atoms in total. The van der Waals surface area contributed by atoms with Crippen LogP contribution in [0, 0.1) is 6.92 Å². The normalized spacial score (nSPS) is 12.4. The van der Waals surface area contributed by atoms with E-state index in [0.29, 0.717) is 0 Å². The van der Waals surface area contributed by atoms with Gasteiger partial charge in [-0.15, -0.1) is 0 Å². The molecule has 1 atom stereocenters. The van der Waals surface area contributed by atoms with Gasteiger partial charge in [0, 0.05) is 11.6 Å². The minimum Gasteiger partial charge on any atom is -0.324 e. The van der Waals surface area contributed by atoms with Crippen molar-refractivity contribution < 1.29 is 4.79 Å². The minimum absolute atomic E-state index is 0.195. The largest absolute Gasteiger partial charge is 0.324 e. The molecule has 0 saturated heterocycles. The maximum atomic E-state index is 11.6. The van der Waals surface area contributed by atoms with Crippen molar-refractivity contribution in [1.29, 1.82) is 0 Å². The highest BCUT2D eigenvalue weighted by molar-refractivity contribution is 6.03. The van der Waals surface area contributed by atoms with Crippen LogP contribution in [0.3, 0.4) is 0 Å². The highest BCUT2D eigenvalue weighted by Crippen LogP contribution is 2.24. The summed E-state index contributed by atoms with van der Waals surface area (Å²) < 4.78 is 0. The van der Waals surface area contributed by atoms with Gasteiger partial charge in [-0.25, -0.2) is 0 Å². The standard InChI is InChI=1S/C13H15N3O/c1-8-5-6-11(16-13(17)9(2)14)10-4-3-7-15-12(8)10/h3-7,9H,14H2,1-2H3,(H,16,17). The number of amides is 1. The number of nitrogens with two attached hydrogens (primary N) is 1. The maximum absolute atomic E-state index is 11.6. The second-order valence-electron chi connectivity index (χ2n) is 4.11. The van der Waals surface area contributed by atoms with E-state index in [-0.39, 0.29) is 5.91 Å². The van der Waals surface area contributed by atoms with E-state index in [1.54, 1.807) is 13.1 Å². The summed E-state index contributed by atoms with van der Waals surface area (Å²) in [6.45, 7) is 3.65. The molecule has 1 heterocycles. The van der Waals surface area contributed by atoms with Gasteiger partial charge in [-0.05, 0) is 37.6 Å². The van der Waals surface area contributed by atoms with Crippen molar-refractivity contribution in [3.8, 4) is 0 Å². The number of aromatic nitrogens is 1. The van der Waals surface area contributed by atoms with Gasteiger partial charge in [0.25, 0.3) is 0 Å². The average molecular weight is 229 g/mol. The van der Waals surface area contributed by atoms with Gasteiger partial charge in [-0.3, -0.25) is 9.78 Å². The van der Waals surface area contributed by atoms with Gasteiger partial charge in [-0.1, -0.05) is 6.07 Å². The van der Waals surface area contributed by atoms with Crippen molar-refractivity contribution in [2.45, 2.75) is 19.9 Å². The third kappa shape index (κ3) is 2.26. The molecular formula is C13H15N3O. The Morgan fingerprint density at radius 1 is 1.41 bits per heavy atom. The van der Waals surface area contributed by atoms with Gasteiger partial charge in [0.1, 0.15) is 0 Å². The van der Waals surface area contributed by atoms with Crippen LogP contribution in [0.4, 0.5) is 5.69 Å². The van der Waals surface area contributed by atoms with Crippen LogP contribution in [-0.2, 0) is 4.79 Å². The van der Waals surface area contributed by atoms with E-state index in [1.165, 1.54) is 0 Å². The van der Waals surface area contributed by atoms with E-state index in [0.717, 1.165) is 22.2 Å². The molecule has 88 valence electrons. The number of fused-ring (bicyclic) bond motifs is 1. The van der Waals surface area contributed by atoms with E-state index in [1.807, 2.05) is 31.2 Å². The lowest BCUT2D eigenvalue weighted by molar-refractivity contribution is -0.117. The molecule has 1 amide bonds. The van der Waals surface area contributed by atoms with E-state index in [2.05, 4.69) is 10.3 Å². The third-order valence-electron chi connectivity index (χ3n) is 2.64. The lowest BCUT2D eigenvalue weighted by Gasteiger charge is -2.11. The Kier molecular flexibility index (Phi) is 3.06. The van der Waals surface area contributed by atoms with Gasteiger partial charge in [0.05, 0.1) is 17.2 Å². The predicted octanol–water partition coefficient (Wildman–Crippen LogP) is 1.83. The van der Waals surface area contributed by atoms with E-state index >= 15 is 0 Å². The number of rotatable bonds is 2. The molecule has 0 aliphatic carbocycles. The Morgan fingerprint density at radius 3 is 2.88 bits per heavy atom. The third-order valence-corrected chi connectivity index (χ3v) is 2.64. The fourth-order valence-electron chi connectivity index (χ4n) is 1.67. The zero-order valence-electron chi connectivity index (χ0n) is 9.90. The van der Waals surface area contributed by atoms with E-state index < -0.39 is 6.04 Å². The van der Waals surface area contributed by atoms with Crippen LogP contribution in [0.15, 0.2) is 30.5 Å². The van der Waals surface area contributed by atoms with E-state index in [4.69, 9.17) is 5.73 Å². The summed E-state index contributed by atoms with van der Waals surface area (Å²) in [4.78, 5) is 15.9. The first-order valence-electron chi connectivity index (χ1n) is 5.50. The number of carbonyl (C=O) groups is 1. The van der Waals surface area contributed by atoms with Crippen LogP contribution in [-0.4, -0.2) is 16.9 Å². The molecule has 4 heteroatoms. The molecule has 1 aromatic heterocycles. The summed E-state index contributed by atoms with van der Waals surface area (Å²) in [5, 5.41) is 3.74.